The van der Waals surface area contributed by atoms with Crippen LogP contribution in [-0.2, 0) is 0 Å². The van der Waals surface area contributed by atoms with Gasteiger partial charge in [0, 0.05) is 15.0 Å². The van der Waals surface area contributed by atoms with E-state index in [1.807, 2.05) is 7.05 Å². The van der Waals surface area contributed by atoms with Gasteiger partial charge in [-0.05, 0) is 43.7 Å². The van der Waals surface area contributed by atoms with E-state index in [1.54, 1.807) is 0 Å². The van der Waals surface area contributed by atoms with Crippen LogP contribution in [0.25, 0.3) is 0 Å². The van der Waals surface area contributed by atoms with Gasteiger partial charge in [0.05, 0.1) is 0 Å². The summed E-state index contributed by atoms with van der Waals surface area (Å²) < 4.78 is 2.38. The van der Waals surface area contributed by atoms with Crippen LogP contribution in [0, 0.1) is 6.92 Å². The zero-order chi connectivity index (χ0) is 12.1. The molecule has 90 valence electrons. The van der Waals surface area contributed by atoms with Crippen molar-refractivity contribution in [2.45, 2.75) is 39.2 Å². The second-order valence-corrected chi connectivity index (χ2v) is 5.82. The molecular formula is C13H19Br2N. The van der Waals surface area contributed by atoms with E-state index in [4.69, 9.17) is 0 Å². The van der Waals surface area contributed by atoms with Gasteiger partial charge in [0.2, 0.25) is 0 Å². The van der Waals surface area contributed by atoms with Crippen LogP contribution in [0.15, 0.2) is 21.1 Å². The lowest BCUT2D eigenvalue weighted by Gasteiger charge is -2.19. The molecule has 0 radical (unpaired) electrons. The Hall–Kier alpha value is 0.140. The van der Waals surface area contributed by atoms with Crippen molar-refractivity contribution in [3.63, 3.8) is 0 Å². The Bertz CT molecular complexity index is 350. The number of benzene rings is 1. The standard InChI is InChI=1S/C13H19Br2N/c1-4-5-6-13(16-3)10-8-11(14)9(2)7-12(10)15/h7-8,13,16H,4-6H2,1-3H3. The highest BCUT2D eigenvalue weighted by molar-refractivity contribution is 9.11. The Labute approximate surface area is 115 Å². The molecule has 1 rings (SSSR count). The van der Waals surface area contributed by atoms with Gasteiger partial charge >= 0.3 is 0 Å². The highest BCUT2D eigenvalue weighted by atomic mass is 79.9. The van der Waals surface area contributed by atoms with E-state index in [0.29, 0.717) is 6.04 Å². The van der Waals surface area contributed by atoms with Gasteiger partial charge in [-0.3, -0.25) is 0 Å². The van der Waals surface area contributed by atoms with E-state index in [-0.39, 0.29) is 0 Å². The minimum absolute atomic E-state index is 0.436. The normalized spacial score (nSPS) is 12.8. The van der Waals surface area contributed by atoms with E-state index in [0.717, 1.165) is 0 Å². The number of halogens is 2. The quantitative estimate of drug-likeness (QED) is 0.791. The number of hydrogen-bond acceptors (Lipinski definition) is 1. The summed E-state index contributed by atoms with van der Waals surface area (Å²) in [4.78, 5) is 0. The van der Waals surface area contributed by atoms with Crippen molar-refractivity contribution in [3.8, 4) is 0 Å². The van der Waals surface area contributed by atoms with Crippen LogP contribution < -0.4 is 5.32 Å². The summed E-state index contributed by atoms with van der Waals surface area (Å²) in [5, 5.41) is 3.39. The molecule has 1 aromatic carbocycles. The van der Waals surface area contributed by atoms with Crippen LogP contribution in [0.5, 0.6) is 0 Å². The van der Waals surface area contributed by atoms with Gasteiger partial charge in [0.15, 0.2) is 0 Å². The van der Waals surface area contributed by atoms with Gasteiger partial charge < -0.3 is 5.32 Å². The molecule has 1 N–H and O–H groups in total. The average Bonchev–Trinajstić information content (AvgIpc) is 2.26. The third-order valence-corrected chi connectivity index (χ3v) is 4.39. The number of rotatable bonds is 5. The molecule has 0 aliphatic carbocycles. The maximum Gasteiger partial charge on any atom is 0.0329 e. The van der Waals surface area contributed by atoms with Crippen LogP contribution in [0.2, 0.25) is 0 Å². The van der Waals surface area contributed by atoms with Crippen molar-refractivity contribution in [3.05, 3.63) is 32.2 Å². The minimum Gasteiger partial charge on any atom is -0.313 e. The summed E-state index contributed by atoms with van der Waals surface area (Å²) in [5.74, 6) is 0. The van der Waals surface area contributed by atoms with E-state index < -0.39 is 0 Å². The summed E-state index contributed by atoms with van der Waals surface area (Å²) in [6.07, 6.45) is 3.67. The number of aryl methyl sites for hydroxylation is 1. The highest BCUT2D eigenvalue weighted by Crippen LogP contribution is 2.31. The molecule has 0 saturated carbocycles. The summed E-state index contributed by atoms with van der Waals surface area (Å²) in [5.41, 5.74) is 2.61. The van der Waals surface area contributed by atoms with Gasteiger partial charge in [0.25, 0.3) is 0 Å². The molecular weight excluding hydrogens is 330 g/mol. The largest absolute Gasteiger partial charge is 0.313 e. The summed E-state index contributed by atoms with van der Waals surface area (Å²) in [7, 11) is 2.03. The molecule has 1 atom stereocenters. The number of unbranched alkanes of at least 4 members (excludes halogenated alkanes) is 1. The molecule has 0 amide bonds. The third-order valence-electron chi connectivity index (χ3n) is 2.85. The van der Waals surface area contributed by atoms with E-state index >= 15 is 0 Å². The molecule has 1 nitrogen and oxygen atoms in total. The fourth-order valence-electron chi connectivity index (χ4n) is 1.79. The smallest absolute Gasteiger partial charge is 0.0329 e. The maximum absolute atomic E-state index is 3.65. The summed E-state index contributed by atoms with van der Waals surface area (Å²) >= 11 is 7.25. The topological polar surface area (TPSA) is 12.0 Å². The fraction of sp³-hybridized carbons (Fsp3) is 0.538. The Morgan fingerprint density at radius 3 is 2.50 bits per heavy atom. The lowest BCUT2D eigenvalue weighted by Crippen LogP contribution is -2.16. The molecule has 0 heterocycles. The first kappa shape index (κ1) is 14.2. The van der Waals surface area contributed by atoms with Gasteiger partial charge in [-0.1, -0.05) is 51.6 Å². The van der Waals surface area contributed by atoms with E-state index in [2.05, 4.69) is 63.2 Å². The van der Waals surface area contributed by atoms with Crippen molar-refractivity contribution in [2.75, 3.05) is 7.05 Å². The maximum atomic E-state index is 3.65. The molecule has 0 fully saturated rings. The first-order valence-electron chi connectivity index (χ1n) is 5.73. The first-order valence-corrected chi connectivity index (χ1v) is 7.31. The SMILES string of the molecule is CCCCC(NC)c1cc(Br)c(C)cc1Br. The van der Waals surface area contributed by atoms with Gasteiger partial charge in [-0.25, -0.2) is 0 Å². The monoisotopic (exact) mass is 347 g/mol. The third kappa shape index (κ3) is 3.57. The van der Waals surface area contributed by atoms with Crippen LogP contribution in [0.4, 0.5) is 0 Å². The average molecular weight is 349 g/mol. The Balaban J connectivity index is 2.95. The molecule has 0 saturated heterocycles. The van der Waals surface area contributed by atoms with Crippen molar-refractivity contribution in [1.29, 1.82) is 0 Å². The lowest BCUT2D eigenvalue weighted by molar-refractivity contribution is 0.521. The van der Waals surface area contributed by atoms with Gasteiger partial charge in [-0.15, -0.1) is 0 Å². The van der Waals surface area contributed by atoms with Crippen LogP contribution in [-0.4, -0.2) is 7.05 Å². The molecule has 0 aromatic heterocycles. The summed E-state index contributed by atoms with van der Waals surface area (Å²) in [6.45, 7) is 4.34. The molecule has 0 aliphatic rings. The van der Waals surface area contributed by atoms with Crippen LogP contribution in [0.1, 0.15) is 43.4 Å². The summed E-state index contributed by atoms with van der Waals surface area (Å²) in [6, 6.07) is 4.83. The molecule has 1 aromatic rings. The van der Waals surface area contributed by atoms with E-state index in [1.165, 1.54) is 39.3 Å². The highest BCUT2D eigenvalue weighted by Gasteiger charge is 2.13. The van der Waals surface area contributed by atoms with Crippen molar-refractivity contribution in [1.82, 2.24) is 5.32 Å². The van der Waals surface area contributed by atoms with Crippen molar-refractivity contribution in [2.24, 2.45) is 0 Å². The second-order valence-electron chi connectivity index (χ2n) is 4.11. The molecule has 0 spiro atoms. The fourth-order valence-corrected chi connectivity index (χ4v) is 2.89. The Morgan fingerprint density at radius 1 is 1.25 bits per heavy atom. The lowest BCUT2D eigenvalue weighted by atomic mass is 10.0. The predicted molar refractivity (Wildman–Crippen MR) is 77.9 cm³/mol. The Morgan fingerprint density at radius 2 is 1.94 bits per heavy atom. The minimum atomic E-state index is 0.436. The van der Waals surface area contributed by atoms with Gasteiger partial charge in [0.1, 0.15) is 0 Å². The zero-order valence-electron chi connectivity index (χ0n) is 10.1. The molecule has 0 aliphatic heterocycles. The van der Waals surface area contributed by atoms with Crippen molar-refractivity contribution >= 4 is 31.9 Å². The van der Waals surface area contributed by atoms with Gasteiger partial charge in [-0.2, -0.15) is 0 Å². The predicted octanol–water partition coefficient (Wildman–Crippen LogP) is 4.97. The Kier molecular flexibility index (Phi) is 6.01. The molecule has 0 bridgehead atoms. The number of nitrogens with one attached hydrogen (secondary N) is 1. The van der Waals surface area contributed by atoms with E-state index in [9.17, 15) is 0 Å². The zero-order valence-corrected chi connectivity index (χ0v) is 13.3. The first-order chi connectivity index (χ1) is 7.60. The molecule has 3 heteroatoms. The van der Waals surface area contributed by atoms with Crippen molar-refractivity contribution < 1.29 is 0 Å². The molecule has 16 heavy (non-hydrogen) atoms. The molecule has 1 unspecified atom stereocenters. The van der Waals surface area contributed by atoms with Crippen LogP contribution >= 0.6 is 31.9 Å². The van der Waals surface area contributed by atoms with Crippen LogP contribution in [0.3, 0.4) is 0 Å². The number of hydrogen-bond donors (Lipinski definition) is 1. The second kappa shape index (κ2) is 6.77.